The first-order valence-corrected chi connectivity index (χ1v) is 15.9. The highest BCUT2D eigenvalue weighted by Crippen LogP contribution is 2.43. The maximum atomic E-state index is 12.6. The van der Waals surface area contributed by atoms with Crippen molar-refractivity contribution in [1.29, 1.82) is 5.26 Å². The summed E-state index contributed by atoms with van der Waals surface area (Å²) in [5.41, 5.74) is 6.04. The van der Waals surface area contributed by atoms with E-state index in [0.29, 0.717) is 66.6 Å². The van der Waals surface area contributed by atoms with Crippen molar-refractivity contribution in [1.82, 2.24) is 25.3 Å². The lowest BCUT2D eigenvalue weighted by molar-refractivity contribution is -0.123. The number of nitrogens with one attached hydrogen (secondary N) is 1. The molecule has 1 saturated carbocycles. The smallest absolute Gasteiger partial charge is 0.326 e. The van der Waals surface area contributed by atoms with E-state index < -0.39 is 11.5 Å². The third kappa shape index (κ3) is 6.68. The van der Waals surface area contributed by atoms with Gasteiger partial charge in [-0.15, -0.1) is 10.2 Å². The SMILES string of the molecule is N#Cc1ccc(OC2(c3cc(N4CCN(C[C@@H]5CC[C@H](N6CCC(=O)NC6=O)O5)CC4)nnc3C(N)=O)CCCCC2)cc1Cl. The molecule has 1 aliphatic carbocycles. The van der Waals surface area contributed by atoms with Gasteiger partial charge >= 0.3 is 6.03 Å². The van der Waals surface area contributed by atoms with Crippen LogP contribution in [0.3, 0.4) is 0 Å². The molecule has 0 spiro atoms. The average molecular weight is 637 g/mol. The Morgan fingerprint density at radius 2 is 1.89 bits per heavy atom. The van der Waals surface area contributed by atoms with E-state index in [4.69, 9.17) is 26.8 Å². The molecule has 4 amide bonds. The molecule has 4 heterocycles. The van der Waals surface area contributed by atoms with Gasteiger partial charge in [0.2, 0.25) is 5.91 Å². The number of nitrogens with zero attached hydrogens (tertiary/aromatic N) is 6. The second-order valence-corrected chi connectivity index (χ2v) is 12.5. The van der Waals surface area contributed by atoms with Gasteiger partial charge in [-0.25, -0.2) is 4.79 Å². The van der Waals surface area contributed by atoms with Crippen LogP contribution in [0.25, 0.3) is 0 Å². The molecule has 1 aromatic heterocycles. The molecule has 45 heavy (non-hydrogen) atoms. The summed E-state index contributed by atoms with van der Waals surface area (Å²) in [6.45, 7) is 4.10. The number of carbonyl (C=O) groups is 3. The number of carbonyl (C=O) groups excluding carboxylic acids is 3. The molecule has 0 radical (unpaired) electrons. The van der Waals surface area contributed by atoms with Crippen LogP contribution in [0.2, 0.25) is 5.02 Å². The predicted molar refractivity (Wildman–Crippen MR) is 164 cm³/mol. The molecule has 3 saturated heterocycles. The predicted octanol–water partition coefficient (Wildman–Crippen LogP) is 2.91. The van der Waals surface area contributed by atoms with Crippen LogP contribution in [0.15, 0.2) is 24.3 Å². The lowest BCUT2D eigenvalue weighted by atomic mass is 9.78. The summed E-state index contributed by atoms with van der Waals surface area (Å²) in [5, 5.41) is 20.7. The minimum Gasteiger partial charge on any atom is -0.482 e. The number of halogens is 1. The fraction of sp³-hybridized carbons (Fsp3) is 0.548. The average Bonchev–Trinajstić information content (AvgIpc) is 3.49. The van der Waals surface area contributed by atoms with Crippen LogP contribution < -0.4 is 20.7 Å². The highest BCUT2D eigenvalue weighted by molar-refractivity contribution is 6.31. The number of nitrogens with two attached hydrogens (primary N) is 1. The van der Waals surface area contributed by atoms with Crippen LogP contribution in [0, 0.1) is 11.3 Å². The lowest BCUT2D eigenvalue weighted by Gasteiger charge is -2.40. The van der Waals surface area contributed by atoms with Crippen molar-refractivity contribution in [2.45, 2.75) is 69.3 Å². The lowest BCUT2D eigenvalue weighted by Crippen LogP contribution is -2.54. The van der Waals surface area contributed by atoms with E-state index in [0.717, 1.165) is 51.7 Å². The van der Waals surface area contributed by atoms with Crippen molar-refractivity contribution in [3.8, 4) is 11.8 Å². The van der Waals surface area contributed by atoms with E-state index in [1.54, 1.807) is 23.1 Å². The molecule has 3 aliphatic heterocycles. The number of amides is 4. The molecule has 2 aromatic rings. The number of piperazine rings is 1. The Balaban J connectivity index is 1.14. The van der Waals surface area contributed by atoms with Crippen molar-refractivity contribution in [2.75, 3.05) is 44.2 Å². The Bertz CT molecular complexity index is 1500. The zero-order chi connectivity index (χ0) is 31.6. The molecule has 14 heteroatoms. The van der Waals surface area contributed by atoms with E-state index in [9.17, 15) is 19.6 Å². The van der Waals surface area contributed by atoms with Crippen LogP contribution in [0.1, 0.15) is 73.0 Å². The Hall–Kier alpha value is -3.99. The van der Waals surface area contributed by atoms with Crippen LogP contribution in [-0.2, 0) is 15.1 Å². The number of imide groups is 1. The standard InChI is InChI=1S/C31H37ClN8O5/c32-24-16-21(5-4-20(24)18-33)45-31(9-2-1-3-10-31)23-17-25(36-37-28(23)29(34)42)39-14-12-38(13-15-39)19-22-6-7-27(44-22)40-11-8-26(41)35-30(40)43/h4-5,16-17,22,27H,1-3,6-15,19H2,(H2,34,42)(H,35,41,43)/t22-,27+/m0/s1. The molecule has 1 aromatic carbocycles. The number of aromatic nitrogens is 2. The fourth-order valence-corrected chi connectivity index (χ4v) is 7.05. The summed E-state index contributed by atoms with van der Waals surface area (Å²) in [4.78, 5) is 42.4. The normalized spacial score (nSPS) is 23.8. The highest BCUT2D eigenvalue weighted by atomic mass is 35.5. The molecule has 13 nitrogen and oxygen atoms in total. The van der Waals surface area contributed by atoms with Crippen molar-refractivity contribution in [2.24, 2.45) is 5.73 Å². The minimum absolute atomic E-state index is 0.00672. The molecule has 0 bridgehead atoms. The Morgan fingerprint density at radius 1 is 1.11 bits per heavy atom. The van der Waals surface area contributed by atoms with Gasteiger partial charge in [0, 0.05) is 57.3 Å². The van der Waals surface area contributed by atoms with Gasteiger partial charge in [0.25, 0.3) is 5.91 Å². The van der Waals surface area contributed by atoms with E-state index in [2.05, 4.69) is 31.4 Å². The van der Waals surface area contributed by atoms with E-state index in [1.165, 1.54) is 0 Å². The topological polar surface area (TPSA) is 167 Å². The summed E-state index contributed by atoms with van der Waals surface area (Å²) in [6.07, 6.45) is 5.78. The van der Waals surface area contributed by atoms with Crippen molar-refractivity contribution in [3.63, 3.8) is 0 Å². The molecule has 6 rings (SSSR count). The number of nitriles is 1. The molecule has 3 N–H and O–H groups in total. The number of primary amides is 1. The molecule has 4 aliphatic rings. The molecule has 0 unspecified atom stereocenters. The fourth-order valence-electron chi connectivity index (χ4n) is 6.84. The Morgan fingerprint density at radius 3 is 2.58 bits per heavy atom. The summed E-state index contributed by atoms with van der Waals surface area (Å²) < 4.78 is 12.9. The number of anilines is 1. The van der Waals surface area contributed by atoms with Gasteiger partial charge < -0.3 is 20.1 Å². The second-order valence-electron chi connectivity index (χ2n) is 12.1. The van der Waals surface area contributed by atoms with E-state index in [1.807, 2.05) is 6.07 Å². The molecular weight excluding hydrogens is 600 g/mol. The van der Waals surface area contributed by atoms with Gasteiger partial charge in [0.1, 0.15) is 23.6 Å². The van der Waals surface area contributed by atoms with Gasteiger partial charge in [-0.3, -0.25) is 24.7 Å². The first-order chi connectivity index (χ1) is 21.7. The second kappa shape index (κ2) is 13.2. The van der Waals surface area contributed by atoms with Crippen molar-refractivity contribution >= 4 is 35.3 Å². The number of rotatable bonds is 8. The number of ether oxygens (including phenoxy) is 2. The van der Waals surface area contributed by atoms with Gasteiger partial charge in [0.05, 0.1) is 16.7 Å². The van der Waals surface area contributed by atoms with Crippen molar-refractivity contribution in [3.05, 3.63) is 46.1 Å². The Labute approximate surface area is 266 Å². The molecular formula is C31H37ClN8O5. The van der Waals surface area contributed by atoms with Gasteiger partial charge in [-0.1, -0.05) is 18.0 Å². The van der Waals surface area contributed by atoms with Crippen LogP contribution in [-0.4, -0.2) is 89.4 Å². The number of hydrogen-bond donors (Lipinski definition) is 2. The van der Waals surface area contributed by atoms with E-state index >= 15 is 0 Å². The third-order valence-corrected chi connectivity index (χ3v) is 9.53. The number of benzene rings is 1. The first-order valence-electron chi connectivity index (χ1n) is 15.5. The first kappa shape index (κ1) is 31.0. The third-order valence-electron chi connectivity index (χ3n) is 9.22. The summed E-state index contributed by atoms with van der Waals surface area (Å²) in [6, 6.07) is 8.57. The van der Waals surface area contributed by atoms with E-state index in [-0.39, 0.29) is 30.0 Å². The number of hydrogen-bond acceptors (Lipinski definition) is 10. The quantitative estimate of drug-likeness (QED) is 0.440. The largest absolute Gasteiger partial charge is 0.482 e. The monoisotopic (exact) mass is 636 g/mol. The van der Waals surface area contributed by atoms with Crippen molar-refractivity contribution < 1.29 is 23.9 Å². The maximum absolute atomic E-state index is 12.6. The molecule has 238 valence electrons. The summed E-state index contributed by atoms with van der Waals surface area (Å²) >= 11 is 6.32. The zero-order valence-electron chi connectivity index (χ0n) is 25.0. The van der Waals surface area contributed by atoms with Gasteiger partial charge in [-0.05, 0) is 56.7 Å². The molecule has 4 fully saturated rings. The molecule has 2 atom stereocenters. The summed E-state index contributed by atoms with van der Waals surface area (Å²) in [5.74, 6) is 0.254. The minimum atomic E-state index is -0.846. The summed E-state index contributed by atoms with van der Waals surface area (Å²) in [7, 11) is 0. The van der Waals surface area contributed by atoms with Crippen LogP contribution >= 0.6 is 11.6 Å². The van der Waals surface area contributed by atoms with Crippen LogP contribution in [0.4, 0.5) is 10.6 Å². The van der Waals surface area contributed by atoms with Gasteiger partial charge in [-0.2, -0.15) is 5.26 Å². The highest BCUT2D eigenvalue weighted by Gasteiger charge is 2.41. The van der Waals surface area contributed by atoms with Crippen LogP contribution in [0.5, 0.6) is 5.75 Å². The number of urea groups is 1. The Kier molecular flexibility index (Phi) is 9.07. The van der Waals surface area contributed by atoms with Gasteiger partial charge in [0.15, 0.2) is 11.5 Å². The maximum Gasteiger partial charge on any atom is 0.326 e. The zero-order valence-corrected chi connectivity index (χ0v) is 25.8.